The van der Waals surface area contributed by atoms with Crippen molar-refractivity contribution < 1.29 is 18.7 Å². The average molecular weight is 500 g/mol. The Balaban J connectivity index is 1.86. The fourth-order valence-corrected chi connectivity index (χ4v) is 5.09. The first-order chi connectivity index (χ1) is 17.4. The molecule has 1 aromatic heterocycles. The lowest BCUT2D eigenvalue weighted by Gasteiger charge is -2.30. The summed E-state index contributed by atoms with van der Waals surface area (Å²) < 4.78 is 10.9. The molecule has 0 unspecified atom stereocenters. The van der Waals surface area contributed by atoms with Gasteiger partial charge in [-0.15, -0.1) is 0 Å². The maximum Gasteiger partial charge on any atom is 0.259 e. The predicted octanol–water partition coefficient (Wildman–Crippen LogP) is 6.03. The first-order valence-corrected chi connectivity index (χ1v) is 12.1. The lowest BCUT2D eigenvalue weighted by atomic mass is 9.82. The van der Waals surface area contributed by atoms with Gasteiger partial charge in [0.25, 0.3) is 11.8 Å². The van der Waals surface area contributed by atoms with E-state index in [9.17, 15) is 14.9 Å². The van der Waals surface area contributed by atoms with Crippen LogP contribution in [0, 0.1) is 25.2 Å². The van der Waals surface area contributed by atoms with Crippen LogP contribution in [-0.4, -0.2) is 18.9 Å². The number of nitrogens with zero attached hydrogens (tertiary/aromatic N) is 1. The molecule has 0 spiro atoms. The van der Waals surface area contributed by atoms with Gasteiger partial charge in [0.1, 0.15) is 0 Å². The van der Waals surface area contributed by atoms with E-state index in [4.69, 9.17) is 9.15 Å². The van der Waals surface area contributed by atoms with Crippen LogP contribution in [0.25, 0.3) is 0 Å². The van der Waals surface area contributed by atoms with Crippen molar-refractivity contribution >= 4 is 35.1 Å². The van der Waals surface area contributed by atoms with Crippen LogP contribution in [0.3, 0.4) is 0 Å². The van der Waals surface area contributed by atoms with Gasteiger partial charge in [0.15, 0.2) is 11.0 Å². The molecular weight excluding hydrogens is 474 g/mol. The number of methoxy groups -OCH3 is 1. The molecular formula is C28H25N3O4S. The Hall–Kier alpha value is -4.22. The molecule has 2 aromatic carbocycles. The van der Waals surface area contributed by atoms with Gasteiger partial charge in [0.05, 0.1) is 31.4 Å². The van der Waals surface area contributed by atoms with E-state index in [2.05, 4.69) is 16.7 Å². The van der Waals surface area contributed by atoms with Gasteiger partial charge in [-0.3, -0.25) is 14.9 Å². The third-order valence-electron chi connectivity index (χ3n) is 5.79. The van der Waals surface area contributed by atoms with Gasteiger partial charge in [-0.05, 0) is 37.1 Å². The SMILES string of the molecule is COC1=C(C(=O)Nc2ccco2)[C@H](c2ccc(C)cc2)C(C(=O)Nc2ccccc2C)=C(CC#N)S1. The molecule has 2 N–H and O–H groups in total. The smallest absolute Gasteiger partial charge is 0.259 e. The van der Waals surface area contributed by atoms with Crippen molar-refractivity contribution in [3.05, 3.63) is 105 Å². The molecule has 8 heteroatoms. The summed E-state index contributed by atoms with van der Waals surface area (Å²) in [6, 6.07) is 20.5. The van der Waals surface area contributed by atoms with Crippen molar-refractivity contribution in [2.75, 3.05) is 17.7 Å². The minimum atomic E-state index is -0.774. The summed E-state index contributed by atoms with van der Waals surface area (Å²) in [5.74, 6) is -1.35. The van der Waals surface area contributed by atoms with E-state index in [0.29, 0.717) is 21.3 Å². The normalized spacial score (nSPS) is 15.3. The molecule has 0 fully saturated rings. The molecule has 1 atom stereocenters. The zero-order valence-electron chi connectivity index (χ0n) is 20.1. The number of carbonyl (C=O) groups is 2. The molecule has 0 saturated carbocycles. The first kappa shape index (κ1) is 24.9. The van der Waals surface area contributed by atoms with E-state index in [-0.39, 0.29) is 23.8 Å². The lowest BCUT2D eigenvalue weighted by Crippen LogP contribution is -2.30. The number of nitriles is 1. The van der Waals surface area contributed by atoms with Crippen LogP contribution in [0.1, 0.15) is 29.0 Å². The summed E-state index contributed by atoms with van der Waals surface area (Å²) in [5, 5.41) is 15.6. The fraction of sp³-hybridized carbons (Fsp3) is 0.179. The van der Waals surface area contributed by atoms with E-state index in [1.54, 1.807) is 12.1 Å². The summed E-state index contributed by atoms with van der Waals surface area (Å²) >= 11 is 1.12. The Morgan fingerprint density at radius 2 is 1.72 bits per heavy atom. The van der Waals surface area contributed by atoms with Gasteiger partial charge in [-0.2, -0.15) is 5.26 Å². The van der Waals surface area contributed by atoms with Crippen molar-refractivity contribution in [2.24, 2.45) is 0 Å². The highest BCUT2D eigenvalue weighted by Crippen LogP contribution is 2.49. The van der Waals surface area contributed by atoms with Crippen LogP contribution in [0.4, 0.5) is 11.6 Å². The number of hydrogen-bond donors (Lipinski definition) is 2. The minimum absolute atomic E-state index is 0.0104. The van der Waals surface area contributed by atoms with Gasteiger partial charge in [0.2, 0.25) is 0 Å². The molecule has 182 valence electrons. The summed E-state index contributed by atoms with van der Waals surface area (Å²) in [6.45, 7) is 3.86. The molecule has 0 saturated heterocycles. The molecule has 3 aromatic rings. The second-order valence-corrected chi connectivity index (χ2v) is 9.29. The number of amides is 2. The predicted molar refractivity (Wildman–Crippen MR) is 140 cm³/mol. The number of thioether (sulfide) groups is 1. The van der Waals surface area contributed by atoms with Gasteiger partial charge >= 0.3 is 0 Å². The Labute approximate surface area is 213 Å². The number of aryl methyl sites for hydroxylation is 2. The Kier molecular flexibility index (Phi) is 7.62. The van der Waals surface area contributed by atoms with Crippen LogP contribution in [0.5, 0.6) is 0 Å². The van der Waals surface area contributed by atoms with Crippen molar-refractivity contribution in [2.45, 2.75) is 26.2 Å². The van der Waals surface area contributed by atoms with Crippen LogP contribution >= 0.6 is 11.8 Å². The second kappa shape index (κ2) is 11.0. The molecule has 2 amide bonds. The second-order valence-electron chi connectivity index (χ2n) is 8.22. The number of allylic oxidation sites excluding steroid dienone is 1. The number of rotatable bonds is 7. The number of para-hydroxylation sites is 1. The van der Waals surface area contributed by atoms with Crippen LogP contribution in [0.15, 0.2) is 92.5 Å². The van der Waals surface area contributed by atoms with E-state index >= 15 is 0 Å². The molecule has 7 nitrogen and oxygen atoms in total. The van der Waals surface area contributed by atoms with E-state index in [1.165, 1.54) is 13.4 Å². The largest absolute Gasteiger partial charge is 0.490 e. The van der Waals surface area contributed by atoms with Gasteiger partial charge in [-0.25, -0.2) is 0 Å². The van der Waals surface area contributed by atoms with E-state index in [0.717, 1.165) is 28.5 Å². The van der Waals surface area contributed by atoms with Crippen LogP contribution in [-0.2, 0) is 14.3 Å². The van der Waals surface area contributed by atoms with Gasteiger partial charge in [-0.1, -0.05) is 59.8 Å². The number of hydrogen-bond acceptors (Lipinski definition) is 6. The summed E-state index contributed by atoms with van der Waals surface area (Å²) in [7, 11) is 1.47. The number of benzene rings is 2. The third kappa shape index (κ3) is 5.21. The van der Waals surface area contributed by atoms with Crippen molar-refractivity contribution in [3.8, 4) is 6.07 Å². The summed E-state index contributed by atoms with van der Waals surface area (Å²) in [5.41, 5.74) is 3.91. The highest BCUT2D eigenvalue weighted by Gasteiger charge is 2.40. The molecule has 0 aliphatic carbocycles. The van der Waals surface area contributed by atoms with E-state index in [1.807, 2.05) is 62.4 Å². The minimum Gasteiger partial charge on any atom is -0.490 e. The highest BCUT2D eigenvalue weighted by atomic mass is 32.2. The number of anilines is 2. The van der Waals surface area contributed by atoms with E-state index < -0.39 is 11.8 Å². The van der Waals surface area contributed by atoms with Crippen molar-refractivity contribution in [1.29, 1.82) is 5.26 Å². The highest BCUT2D eigenvalue weighted by molar-refractivity contribution is 8.06. The maximum absolute atomic E-state index is 13.8. The molecule has 4 rings (SSSR count). The molecule has 0 radical (unpaired) electrons. The number of ether oxygens (including phenoxy) is 1. The lowest BCUT2D eigenvalue weighted by molar-refractivity contribution is -0.113. The standard InChI is InChI=1S/C28H25N3O4S/c1-17-10-12-19(13-11-17)23-24(26(32)30-20-8-5-4-7-18(20)2)21(14-15-29)36-28(34-3)25(23)27(33)31-22-9-6-16-35-22/h4-13,16,23H,14H2,1-3H3,(H,30,32)(H,31,33)/t23-/m1/s1. The van der Waals surface area contributed by atoms with Crippen molar-refractivity contribution in [3.63, 3.8) is 0 Å². The number of carbonyl (C=O) groups excluding carboxylic acids is 2. The summed E-state index contributed by atoms with van der Waals surface area (Å²) in [4.78, 5) is 27.9. The number of nitrogens with one attached hydrogen (secondary N) is 2. The van der Waals surface area contributed by atoms with Gasteiger partial charge < -0.3 is 14.5 Å². The maximum atomic E-state index is 13.8. The Bertz CT molecular complexity index is 1380. The monoisotopic (exact) mass is 499 g/mol. The topological polar surface area (TPSA) is 104 Å². The average Bonchev–Trinajstić information content (AvgIpc) is 3.38. The molecule has 2 heterocycles. The first-order valence-electron chi connectivity index (χ1n) is 11.3. The Morgan fingerprint density at radius 3 is 2.36 bits per heavy atom. The van der Waals surface area contributed by atoms with Crippen LogP contribution < -0.4 is 10.6 Å². The number of furan rings is 1. The molecule has 0 bridgehead atoms. The third-order valence-corrected chi connectivity index (χ3v) is 6.97. The molecule has 1 aliphatic rings. The zero-order valence-corrected chi connectivity index (χ0v) is 20.9. The quantitative estimate of drug-likeness (QED) is 0.411. The molecule has 36 heavy (non-hydrogen) atoms. The van der Waals surface area contributed by atoms with Gasteiger partial charge in [0, 0.05) is 28.1 Å². The summed E-state index contributed by atoms with van der Waals surface area (Å²) in [6.07, 6.45) is 1.45. The zero-order chi connectivity index (χ0) is 25.7. The van der Waals surface area contributed by atoms with Crippen LogP contribution in [0.2, 0.25) is 0 Å². The fourth-order valence-electron chi connectivity index (χ4n) is 4.01. The van der Waals surface area contributed by atoms with Crippen molar-refractivity contribution in [1.82, 2.24) is 0 Å². The molecule has 1 aliphatic heterocycles. The Morgan fingerprint density at radius 1 is 1.00 bits per heavy atom.